The lowest BCUT2D eigenvalue weighted by Crippen LogP contribution is -2.42. The topological polar surface area (TPSA) is 94.6 Å². The van der Waals surface area contributed by atoms with E-state index in [2.05, 4.69) is 0 Å². The lowest BCUT2D eigenvalue weighted by molar-refractivity contribution is -0.111. The van der Waals surface area contributed by atoms with Crippen LogP contribution in [0.2, 0.25) is 0 Å². The fraction of sp³-hybridized carbons (Fsp3) is 0.667. The minimum absolute atomic E-state index is 0.0916. The molecule has 0 fully saturated rings. The highest BCUT2D eigenvalue weighted by Gasteiger charge is 2.26. The largest absolute Gasteiger partial charge is 0.493 e. The summed E-state index contributed by atoms with van der Waals surface area (Å²) in [6.07, 6.45) is 1.52. The summed E-state index contributed by atoms with van der Waals surface area (Å²) in [5, 5.41) is 0. The van der Waals surface area contributed by atoms with Crippen LogP contribution in [0.5, 0.6) is 11.5 Å². The zero-order valence-corrected chi connectivity index (χ0v) is 23.2. The molecule has 9 nitrogen and oxygen atoms in total. The number of amides is 2. The smallest absolute Gasteiger partial charge is 0.410 e. The van der Waals surface area contributed by atoms with Crippen LogP contribution in [0, 0.1) is 5.92 Å². The second kappa shape index (κ2) is 15.3. The first-order chi connectivity index (χ1) is 17.0. The van der Waals surface area contributed by atoms with Gasteiger partial charge in [-0.2, -0.15) is 0 Å². The molecule has 0 aliphatic heterocycles. The fourth-order valence-corrected chi connectivity index (χ4v) is 3.52. The number of methoxy groups -OCH3 is 2. The number of carbonyl (C=O) groups is 3. The van der Waals surface area contributed by atoms with Crippen molar-refractivity contribution < 1.29 is 33.3 Å². The molecule has 1 aromatic rings. The molecule has 0 N–H and O–H groups in total. The zero-order chi connectivity index (χ0) is 27.3. The first kappa shape index (κ1) is 31.2. The maximum absolute atomic E-state index is 13.4. The Morgan fingerprint density at radius 1 is 1.08 bits per heavy atom. The van der Waals surface area contributed by atoms with E-state index in [1.54, 1.807) is 58.1 Å². The van der Waals surface area contributed by atoms with Gasteiger partial charge in [0.15, 0.2) is 11.5 Å². The summed E-state index contributed by atoms with van der Waals surface area (Å²) in [5.41, 5.74) is -0.148. The van der Waals surface area contributed by atoms with Gasteiger partial charge in [-0.25, -0.2) is 4.79 Å². The molecule has 2 amide bonds. The van der Waals surface area contributed by atoms with Crippen LogP contribution < -0.4 is 9.47 Å². The zero-order valence-electron chi connectivity index (χ0n) is 23.2. The van der Waals surface area contributed by atoms with Gasteiger partial charge in [0.25, 0.3) is 5.91 Å². The summed E-state index contributed by atoms with van der Waals surface area (Å²) in [6, 6.07) is 5.01. The van der Waals surface area contributed by atoms with Crippen LogP contribution in [0.1, 0.15) is 64.7 Å². The molecule has 1 rings (SSSR count). The maximum Gasteiger partial charge on any atom is 0.410 e. The van der Waals surface area contributed by atoms with Crippen molar-refractivity contribution >= 4 is 18.3 Å². The van der Waals surface area contributed by atoms with Crippen molar-refractivity contribution in [1.82, 2.24) is 9.80 Å². The molecule has 9 heteroatoms. The molecule has 0 aliphatic carbocycles. The van der Waals surface area contributed by atoms with E-state index in [1.165, 1.54) is 4.90 Å². The van der Waals surface area contributed by atoms with Crippen molar-refractivity contribution in [3.8, 4) is 11.5 Å². The Labute approximate surface area is 216 Å². The SMILES string of the molecule is CCN(C[C@@H](C=O)CCN(C(=O)c1ccc(OC)c(OCCCOC)c1)C(C)C)C(=O)OC(C)(C)C. The van der Waals surface area contributed by atoms with Gasteiger partial charge in [0.1, 0.15) is 11.9 Å². The third-order valence-corrected chi connectivity index (χ3v) is 5.47. The van der Waals surface area contributed by atoms with Crippen molar-refractivity contribution in [2.45, 2.75) is 66.0 Å². The van der Waals surface area contributed by atoms with E-state index in [1.807, 2.05) is 20.8 Å². The van der Waals surface area contributed by atoms with Crippen LogP contribution in [0.25, 0.3) is 0 Å². The Kier molecular flexibility index (Phi) is 13.3. The van der Waals surface area contributed by atoms with Crippen LogP contribution >= 0.6 is 0 Å². The van der Waals surface area contributed by atoms with Crippen LogP contribution in [0.3, 0.4) is 0 Å². The monoisotopic (exact) mass is 508 g/mol. The Morgan fingerprint density at radius 3 is 2.31 bits per heavy atom. The predicted molar refractivity (Wildman–Crippen MR) is 139 cm³/mol. The highest BCUT2D eigenvalue weighted by Crippen LogP contribution is 2.29. The number of benzene rings is 1. The molecule has 1 atom stereocenters. The number of carbonyl (C=O) groups excluding carboxylic acids is 3. The van der Waals surface area contributed by atoms with E-state index in [0.717, 1.165) is 6.29 Å². The van der Waals surface area contributed by atoms with Gasteiger partial charge in [-0.15, -0.1) is 0 Å². The number of hydrogen-bond donors (Lipinski definition) is 0. The van der Waals surface area contributed by atoms with E-state index in [4.69, 9.17) is 18.9 Å². The summed E-state index contributed by atoms with van der Waals surface area (Å²) in [7, 11) is 3.18. The fourth-order valence-electron chi connectivity index (χ4n) is 3.52. The van der Waals surface area contributed by atoms with Crippen molar-refractivity contribution in [3.05, 3.63) is 23.8 Å². The molecule has 0 aliphatic rings. The highest BCUT2D eigenvalue weighted by molar-refractivity contribution is 5.95. The molecule has 0 aromatic heterocycles. The molecule has 0 radical (unpaired) electrons. The second-order valence-corrected chi connectivity index (χ2v) is 9.86. The molecule has 0 saturated carbocycles. The predicted octanol–water partition coefficient (Wildman–Crippen LogP) is 4.42. The highest BCUT2D eigenvalue weighted by atomic mass is 16.6. The molecular weight excluding hydrogens is 464 g/mol. The van der Waals surface area contributed by atoms with Crippen LogP contribution in [0.15, 0.2) is 18.2 Å². The van der Waals surface area contributed by atoms with Crippen molar-refractivity contribution in [1.29, 1.82) is 0 Å². The first-order valence-electron chi connectivity index (χ1n) is 12.5. The van der Waals surface area contributed by atoms with E-state index in [-0.39, 0.29) is 18.5 Å². The van der Waals surface area contributed by atoms with Crippen LogP contribution in [-0.2, 0) is 14.3 Å². The first-order valence-corrected chi connectivity index (χ1v) is 12.5. The Bertz CT molecular complexity index is 836. The summed E-state index contributed by atoms with van der Waals surface area (Å²) >= 11 is 0. The van der Waals surface area contributed by atoms with E-state index < -0.39 is 17.6 Å². The minimum atomic E-state index is -0.618. The molecule has 36 heavy (non-hydrogen) atoms. The molecule has 0 heterocycles. The van der Waals surface area contributed by atoms with Crippen molar-refractivity contribution in [3.63, 3.8) is 0 Å². The molecule has 0 bridgehead atoms. The van der Waals surface area contributed by atoms with Gasteiger partial charge in [0.2, 0.25) is 0 Å². The van der Waals surface area contributed by atoms with Gasteiger partial charge in [-0.3, -0.25) is 4.79 Å². The van der Waals surface area contributed by atoms with Crippen LogP contribution in [0.4, 0.5) is 4.79 Å². The Balaban J connectivity index is 2.93. The number of nitrogens with zero attached hydrogens (tertiary/aromatic N) is 2. The molecule has 0 saturated heterocycles. The lowest BCUT2D eigenvalue weighted by Gasteiger charge is -2.30. The molecule has 0 spiro atoms. The van der Waals surface area contributed by atoms with Crippen LogP contribution in [-0.4, -0.2) is 86.8 Å². The van der Waals surface area contributed by atoms with Gasteiger partial charge < -0.3 is 33.5 Å². The van der Waals surface area contributed by atoms with Gasteiger partial charge in [-0.05, 0) is 66.2 Å². The minimum Gasteiger partial charge on any atom is -0.493 e. The Morgan fingerprint density at radius 2 is 1.78 bits per heavy atom. The molecule has 204 valence electrons. The summed E-state index contributed by atoms with van der Waals surface area (Å²) in [4.78, 5) is 40.9. The van der Waals surface area contributed by atoms with Gasteiger partial charge in [-0.1, -0.05) is 0 Å². The summed E-state index contributed by atoms with van der Waals surface area (Å²) in [5.74, 6) is 0.438. The van der Waals surface area contributed by atoms with Gasteiger partial charge >= 0.3 is 6.09 Å². The van der Waals surface area contributed by atoms with Crippen molar-refractivity contribution in [2.24, 2.45) is 5.92 Å². The summed E-state index contributed by atoms with van der Waals surface area (Å²) < 4.78 is 21.7. The third-order valence-electron chi connectivity index (χ3n) is 5.47. The molecule has 1 aromatic carbocycles. The number of hydrogen-bond acceptors (Lipinski definition) is 7. The molecule has 0 unspecified atom stereocenters. The second-order valence-electron chi connectivity index (χ2n) is 9.86. The standard InChI is InChI=1S/C27H44N2O7/c1-9-28(26(32)36-27(4,5)6)18-21(19-30)13-14-29(20(2)3)25(31)22-11-12-23(34-8)24(17-22)35-16-10-15-33-7/h11-12,17,19-21H,9-10,13-16,18H2,1-8H3/t21-/m0/s1. The maximum atomic E-state index is 13.4. The van der Waals surface area contributed by atoms with E-state index in [0.29, 0.717) is 56.2 Å². The number of ether oxygens (including phenoxy) is 4. The lowest BCUT2D eigenvalue weighted by atomic mass is 10.0. The number of aldehydes is 1. The van der Waals surface area contributed by atoms with Gasteiger partial charge in [0, 0.05) is 57.3 Å². The average Bonchev–Trinajstić information content (AvgIpc) is 2.82. The average molecular weight is 509 g/mol. The normalized spacial score (nSPS) is 12.1. The Hall–Kier alpha value is -2.81. The van der Waals surface area contributed by atoms with Crippen molar-refractivity contribution in [2.75, 3.05) is 47.1 Å². The van der Waals surface area contributed by atoms with Gasteiger partial charge in [0.05, 0.1) is 13.7 Å². The van der Waals surface area contributed by atoms with E-state index in [9.17, 15) is 14.4 Å². The summed E-state index contributed by atoms with van der Waals surface area (Å²) in [6.45, 7) is 13.1. The third kappa shape index (κ3) is 10.4. The quantitative estimate of drug-likeness (QED) is 0.256. The van der Waals surface area contributed by atoms with E-state index >= 15 is 0 Å². The molecular formula is C27H44N2O7. The number of rotatable bonds is 15.